The maximum atomic E-state index is 11.1. The molecule has 0 unspecified atom stereocenters. The SMILES string of the molecule is O=C(O)C1=C(c2ccc(O)cc2O)CCCC1.[Cu+2].[O-]c1cccc2cccnc12.[O-]c1cccc2cccnc12. The molecule has 2 aromatic heterocycles. The quantitative estimate of drug-likeness (QED) is 0.241. The smallest absolute Gasteiger partial charge is 0.871 e. The van der Waals surface area contributed by atoms with Gasteiger partial charge >= 0.3 is 23.0 Å². The van der Waals surface area contributed by atoms with E-state index in [-0.39, 0.29) is 40.1 Å². The second-order valence-corrected chi connectivity index (χ2v) is 8.83. The minimum Gasteiger partial charge on any atom is -0.871 e. The van der Waals surface area contributed by atoms with Gasteiger partial charge in [-0.1, -0.05) is 60.0 Å². The number of phenols is 2. The standard InChI is InChI=1S/C13H14O4.2C9H7NO.Cu/c14-8-5-6-10(12(15)7-8)9-3-1-2-4-11(9)13(16)17;2*11-8-5-1-3-7-4-2-6-10-9(7)8;/h5-7,14-15H,1-4H2,(H,16,17);2*1-6,11H;/q;;;+2/p-2. The zero-order valence-electron chi connectivity index (χ0n) is 21.3. The summed E-state index contributed by atoms with van der Waals surface area (Å²) in [6.45, 7) is 0. The third-order valence-corrected chi connectivity index (χ3v) is 6.22. The van der Waals surface area contributed by atoms with E-state index in [4.69, 9.17) is 5.11 Å². The van der Waals surface area contributed by atoms with Crippen LogP contribution in [0.4, 0.5) is 0 Å². The van der Waals surface area contributed by atoms with Crippen molar-refractivity contribution in [2.45, 2.75) is 25.7 Å². The molecule has 5 aromatic rings. The number of fused-ring (bicyclic) bond motifs is 2. The summed E-state index contributed by atoms with van der Waals surface area (Å²) in [5.41, 5.74) is 2.67. The van der Waals surface area contributed by atoms with Crippen LogP contribution in [0.25, 0.3) is 27.4 Å². The van der Waals surface area contributed by atoms with Crippen molar-refractivity contribution in [3.05, 3.63) is 102 Å². The fraction of sp³-hybridized carbons (Fsp3) is 0.129. The fourth-order valence-corrected chi connectivity index (χ4v) is 4.37. The summed E-state index contributed by atoms with van der Waals surface area (Å²) >= 11 is 0. The van der Waals surface area contributed by atoms with Crippen molar-refractivity contribution in [2.24, 2.45) is 0 Å². The molecule has 3 N–H and O–H groups in total. The zero-order valence-corrected chi connectivity index (χ0v) is 22.2. The predicted molar refractivity (Wildman–Crippen MR) is 145 cm³/mol. The van der Waals surface area contributed by atoms with Crippen LogP contribution in [-0.2, 0) is 21.9 Å². The molecule has 0 amide bonds. The number of aromatic hydroxyl groups is 2. The van der Waals surface area contributed by atoms with Crippen molar-refractivity contribution in [3.63, 3.8) is 0 Å². The second kappa shape index (κ2) is 14.0. The van der Waals surface area contributed by atoms with Gasteiger partial charge in [-0.15, -0.1) is 0 Å². The molecule has 0 bridgehead atoms. The Morgan fingerprint density at radius 2 is 1.25 bits per heavy atom. The van der Waals surface area contributed by atoms with Crippen LogP contribution in [0.1, 0.15) is 31.2 Å². The first kappa shape index (κ1) is 30.0. The summed E-state index contributed by atoms with van der Waals surface area (Å²) in [4.78, 5) is 19.1. The molecule has 0 saturated carbocycles. The van der Waals surface area contributed by atoms with Crippen LogP contribution in [-0.4, -0.2) is 31.3 Å². The Kier molecular flexibility index (Phi) is 10.5. The predicted octanol–water partition coefficient (Wildman–Crippen LogP) is 5.12. The van der Waals surface area contributed by atoms with Crippen molar-refractivity contribution < 1.29 is 47.4 Å². The number of carbonyl (C=O) groups is 1. The molecule has 0 spiro atoms. The van der Waals surface area contributed by atoms with Crippen LogP contribution in [0.3, 0.4) is 0 Å². The Labute approximate surface area is 241 Å². The van der Waals surface area contributed by atoms with Crippen LogP contribution < -0.4 is 10.2 Å². The van der Waals surface area contributed by atoms with E-state index in [1.54, 1.807) is 30.6 Å². The van der Waals surface area contributed by atoms with Gasteiger partial charge in [0.05, 0.1) is 11.0 Å². The molecule has 0 saturated heterocycles. The largest absolute Gasteiger partial charge is 2.00 e. The maximum absolute atomic E-state index is 11.1. The topological polar surface area (TPSA) is 150 Å². The molecule has 207 valence electrons. The molecule has 1 aliphatic carbocycles. The Balaban J connectivity index is 0.000000169. The van der Waals surface area contributed by atoms with E-state index < -0.39 is 5.97 Å². The molecular formula is C31H26CuN2O6. The van der Waals surface area contributed by atoms with Crippen molar-refractivity contribution in [3.8, 4) is 23.0 Å². The summed E-state index contributed by atoms with van der Waals surface area (Å²) < 4.78 is 0. The Bertz CT molecular complexity index is 1570. The summed E-state index contributed by atoms with van der Waals surface area (Å²) in [6, 6.07) is 21.9. The van der Waals surface area contributed by atoms with Gasteiger partial charge in [0.15, 0.2) is 0 Å². The number of allylic oxidation sites excluding steroid dienone is 1. The second-order valence-electron chi connectivity index (χ2n) is 8.83. The first-order valence-corrected chi connectivity index (χ1v) is 12.3. The normalized spacial score (nSPS) is 12.4. The molecule has 6 rings (SSSR count). The minimum atomic E-state index is -0.924. The number of hydrogen-bond donors (Lipinski definition) is 3. The van der Waals surface area contributed by atoms with Gasteiger partial charge in [-0.25, -0.2) is 4.79 Å². The van der Waals surface area contributed by atoms with E-state index >= 15 is 0 Å². The van der Waals surface area contributed by atoms with Gasteiger partial charge < -0.3 is 25.5 Å². The van der Waals surface area contributed by atoms with Gasteiger partial charge in [0.2, 0.25) is 0 Å². The number of carboxylic acid groups (broad SMARTS) is 1. The van der Waals surface area contributed by atoms with Crippen LogP contribution >= 0.6 is 0 Å². The van der Waals surface area contributed by atoms with E-state index in [1.807, 2.05) is 36.4 Å². The van der Waals surface area contributed by atoms with Crippen molar-refractivity contribution in [2.75, 3.05) is 0 Å². The molecule has 40 heavy (non-hydrogen) atoms. The number of nitrogens with zero attached hydrogens (tertiary/aromatic N) is 2. The monoisotopic (exact) mass is 585 g/mol. The minimum absolute atomic E-state index is 0. The van der Waals surface area contributed by atoms with Gasteiger partial charge in [0.25, 0.3) is 0 Å². The molecule has 0 aliphatic heterocycles. The molecule has 1 radical (unpaired) electrons. The van der Waals surface area contributed by atoms with E-state index in [9.17, 15) is 25.2 Å². The number of carboxylic acids is 1. The number of phenolic OH excluding ortho intramolecular Hbond substituents is 2. The van der Waals surface area contributed by atoms with Crippen molar-refractivity contribution in [1.29, 1.82) is 0 Å². The number of pyridine rings is 2. The summed E-state index contributed by atoms with van der Waals surface area (Å²) in [5, 5.41) is 52.1. The maximum Gasteiger partial charge on any atom is 2.00 e. The van der Waals surface area contributed by atoms with Gasteiger partial charge in [0, 0.05) is 29.6 Å². The van der Waals surface area contributed by atoms with E-state index in [0.29, 0.717) is 40.6 Å². The zero-order chi connectivity index (χ0) is 27.8. The van der Waals surface area contributed by atoms with E-state index in [1.165, 1.54) is 24.3 Å². The molecular weight excluding hydrogens is 560 g/mol. The molecule has 1 aliphatic rings. The first-order valence-electron chi connectivity index (χ1n) is 12.3. The van der Waals surface area contributed by atoms with Gasteiger partial charge in [0.1, 0.15) is 11.5 Å². The molecule has 3 aromatic carbocycles. The van der Waals surface area contributed by atoms with Crippen molar-refractivity contribution in [1.82, 2.24) is 9.97 Å². The average molecular weight is 586 g/mol. The third-order valence-electron chi connectivity index (χ3n) is 6.22. The Hall–Kier alpha value is -4.59. The van der Waals surface area contributed by atoms with E-state index in [2.05, 4.69) is 9.97 Å². The molecule has 0 fully saturated rings. The Morgan fingerprint density at radius 1 is 0.725 bits per heavy atom. The van der Waals surface area contributed by atoms with Crippen LogP contribution in [0.2, 0.25) is 0 Å². The molecule has 2 heterocycles. The van der Waals surface area contributed by atoms with Gasteiger partial charge in [-0.2, -0.15) is 0 Å². The summed E-state index contributed by atoms with van der Waals surface area (Å²) in [5.74, 6) is -1.04. The summed E-state index contributed by atoms with van der Waals surface area (Å²) in [7, 11) is 0. The Morgan fingerprint density at radius 3 is 1.75 bits per heavy atom. The van der Waals surface area contributed by atoms with Crippen LogP contribution in [0.5, 0.6) is 23.0 Å². The number of hydrogen-bond acceptors (Lipinski definition) is 7. The fourth-order valence-electron chi connectivity index (χ4n) is 4.37. The van der Waals surface area contributed by atoms with E-state index in [0.717, 1.165) is 23.6 Å². The number of rotatable bonds is 2. The van der Waals surface area contributed by atoms with Crippen LogP contribution in [0.15, 0.2) is 96.8 Å². The number of aliphatic carboxylic acids is 1. The first-order chi connectivity index (χ1) is 18.8. The third kappa shape index (κ3) is 7.28. The van der Waals surface area contributed by atoms with Crippen molar-refractivity contribution >= 4 is 33.3 Å². The van der Waals surface area contributed by atoms with Crippen LogP contribution in [0, 0.1) is 0 Å². The van der Waals surface area contributed by atoms with Gasteiger partial charge in [-0.3, -0.25) is 9.97 Å². The number of aromatic nitrogens is 2. The average Bonchev–Trinajstić information content (AvgIpc) is 2.94. The number of para-hydroxylation sites is 2. The molecule has 8 nitrogen and oxygen atoms in total. The van der Waals surface area contributed by atoms with Gasteiger partial charge in [-0.05, 0) is 66.3 Å². The summed E-state index contributed by atoms with van der Waals surface area (Å²) in [6.07, 6.45) is 6.23. The number of benzene rings is 3. The molecule has 9 heteroatoms. The molecule has 0 atom stereocenters.